The minimum atomic E-state index is -0.447. The average Bonchev–Trinajstić information content (AvgIpc) is 2.93. The van der Waals surface area contributed by atoms with Gasteiger partial charge in [-0.25, -0.2) is 0 Å². The fourth-order valence-electron chi connectivity index (χ4n) is 5.50. The molecule has 3 aromatic rings. The van der Waals surface area contributed by atoms with Gasteiger partial charge in [-0.05, 0) is 61.6 Å². The average molecular weight is 509 g/mol. The second-order valence-corrected chi connectivity index (χ2v) is 9.86. The molecule has 0 saturated carbocycles. The van der Waals surface area contributed by atoms with Crippen LogP contribution in [0, 0.1) is 6.92 Å². The molecule has 2 aliphatic rings. The lowest BCUT2D eigenvalue weighted by molar-refractivity contribution is -0.116. The highest BCUT2D eigenvalue weighted by atomic mass is 16.5. The number of rotatable bonds is 6. The Morgan fingerprint density at radius 2 is 1.58 bits per heavy atom. The van der Waals surface area contributed by atoms with Crippen LogP contribution in [0.25, 0.3) is 0 Å². The molecule has 0 saturated heterocycles. The predicted molar refractivity (Wildman–Crippen MR) is 148 cm³/mol. The summed E-state index contributed by atoms with van der Waals surface area (Å²) in [7, 11) is 3.22. The number of Topliss-reactive ketones (excluding diaryl/α,β-unsaturated/α-hetero) is 1. The third-order valence-electron chi connectivity index (χ3n) is 7.39. The fourth-order valence-corrected chi connectivity index (χ4v) is 5.50. The van der Waals surface area contributed by atoms with Crippen molar-refractivity contribution in [1.82, 2.24) is 5.32 Å². The summed E-state index contributed by atoms with van der Waals surface area (Å²) in [5.74, 6) is 0.662. The minimum Gasteiger partial charge on any atom is -0.493 e. The van der Waals surface area contributed by atoms with Crippen LogP contribution in [0.1, 0.15) is 48.3 Å². The van der Waals surface area contributed by atoms with Crippen molar-refractivity contribution in [2.75, 3.05) is 19.5 Å². The first kappa shape index (κ1) is 25.3. The highest BCUT2D eigenvalue weighted by Crippen LogP contribution is 2.46. The summed E-state index contributed by atoms with van der Waals surface area (Å²) in [5.41, 5.74) is 6.64. The van der Waals surface area contributed by atoms with Gasteiger partial charge in [-0.3, -0.25) is 9.59 Å². The second kappa shape index (κ2) is 10.6. The molecule has 1 aliphatic carbocycles. The van der Waals surface area contributed by atoms with Gasteiger partial charge in [0.2, 0.25) is 0 Å². The Bertz CT molecular complexity index is 1440. The van der Waals surface area contributed by atoms with E-state index < -0.39 is 5.92 Å². The van der Waals surface area contributed by atoms with Gasteiger partial charge >= 0.3 is 0 Å². The summed E-state index contributed by atoms with van der Waals surface area (Å²) in [4.78, 5) is 27.5. The van der Waals surface area contributed by atoms with Crippen molar-refractivity contribution in [1.29, 1.82) is 0 Å². The molecular formula is C32H32N2O4. The zero-order chi connectivity index (χ0) is 26.8. The Morgan fingerprint density at radius 3 is 2.26 bits per heavy atom. The number of dihydropyridines is 1. The van der Waals surface area contributed by atoms with E-state index in [1.54, 1.807) is 14.2 Å². The first-order valence-electron chi connectivity index (χ1n) is 12.8. The number of carbonyl (C=O) groups is 2. The van der Waals surface area contributed by atoms with E-state index in [1.807, 2.05) is 86.6 Å². The number of ketones is 1. The molecule has 6 heteroatoms. The Balaban J connectivity index is 1.52. The van der Waals surface area contributed by atoms with Gasteiger partial charge in [-0.2, -0.15) is 0 Å². The van der Waals surface area contributed by atoms with Crippen molar-refractivity contribution in [3.8, 4) is 11.5 Å². The summed E-state index contributed by atoms with van der Waals surface area (Å²) in [5, 5.41) is 6.49. The van der Waals surface area contributed by atoms with E-state index in [9.17, 15) is 9.59 Å². The van der Waals surface area contributed by atoms with Crippen LogP contribution in [0.4, 0.5) is 5.69 Å². The Kier molecular flexibility index (Phi) is 7.05. The molecule has 5 rings (SSSR count). The number of amides is 1. The third-order valence-corrected chi connectivity index (χ3v) is 7.39. The van der Waals surface area contributed by atoms with Crippen molar-refractivity contribution >= 4 is 17.4 Å². The molecule has 0 bridgehead atoms. The van der Waals surface area contributed by atoms with Crippen molar-refractivity contribution in [3.63, 3.8) is 0 Å². The number of hydrogen-bond acceptors (Lipinski definition) is 5. The molecule has 38 heavy (non-hydrogen) atoms. The summed E-state index contributed by atoms with van der Waals surface area (Å²) in [6.07, 6.45) is 1.01. The molecule has 0 spiro atoms. The van der Waals surface area contributed by atoms with E-state index in [0.29, 0.717) is 35.5 Å². The van der Waals surface area contributed by atoms with E-state index in [0.717, 1.165) is 33.8 Å². The normalized spacial score (nSPS) is 19.0. The maximum absolute atomic E-state index is 13.8. The lowest BCUT2D eigenvalue weighted by Gasteiger charge is -2.37. The maximum atomic E-state index is 13.8. The predicted octanol–water partition coefficient (Wildman–Crippen LogP) is 6.01. The van der Waals surface area contributed by atoms with Gasteiger partial charge < -0.3 is 20.1 Å². The zero-order valence-corrected chi connectivity index (χ0v) is 22.1. The maximum Gasteiger partial charge on any atom is 0.254 e. The van der Waals surface area contributed by atoms with Crippen LogP contribution in [0.3, 0.4) is 0 Å². The molecule has 1 amide bonds. The lowest BCUT2D eigenvalue weighted by atomic mass is 9.71. The molecule has 1 heterocycles. The van der Waals surface area contributed by atoms with Crippen molar-refractivity contribution in [2.24, 2.45) is 0 Å². The summed E-state index contributed by atoms with van der Waals surface area (Å²) in [6, 6.07) is 23.3. The number of methoxy groups -OCH3 is 2. The molecule has 0 radical (unpaired) electrons. The smallest absolute Gasteiger partial charge is 0.254 e. The number of hydrogen-bond donors (Lipinski definition) is 2. The molecule has 6 nitrogen and oxygen atoms in total. The highest BCUT2D eigenvalue weighted by Gasteiger charge is 2.41. The molecule has 2 atom stereocenters. The SMILES string of the molecule is COc1ccc([C@@H]2CC(=O)C3=C(C2)NC(C)=C(C(=O)Nc2ccc(C)cc2)[C@@H]3c2ccccc2)cc1OC. The fraction of sp³-hybridized carbons (Fsp3) is 0.250. The molecule has 0 unspecified atom stereocenters. The molecule has 1 aliphatic heterocycles. The van der Waals surface area contributed by atoms with E-state index in [-0.39, 0.29) is 17.6 Å². The van der Waals surface area contributed by atoms with Crippen LogP contribution in [0.15, 0.2) is 95.3 Å². The first-order valence-corrected chi connectivity index (χ1v) is 12.8. The number of carbonyl (C=O) groups excluding carboxylic acids is 2. The largest absolute Gasteiger partial charge is 0.493 e. The Labute approximate surface area is 223 Å². The number of ether oxygens (including phenoxy) is 2. The van der Waals surface area contributed by atoms with Gasteiger partial charge in [-0.15, -0.1) is 0 Å². The number of aryl methyl sites for hydroxylation is 1. The molecule has 0 fully saturated rings. The van der Waals surface area contributed by atoms with Gasteiger partial charge in [0.05, 0.1) is 14.2 Å². The van der Waals surface area contributed by atoms with Crippen LogP contribution in [-0.2, 0) is 9.59 Å². The molecule has 2 N–H and O–H groups in total. The van der Waals surface area contributed by atoms with Crippen LogP contribution in [0.5, 0.6) is 11.5 Å². The molecular weight excluding hydrogens is 476 g/mol. The zero-order valence-electron chi connectivity index (χ0n) is 22.1. The summed E-state index contributed by atoms with van der Waals surface area (Å²) < 4.78 is 10.9. The standard InChI is InChI=1S/C32H32N2O4/c1-19-10-13-24(14-11-19)34-32(36)29-20(2)33-25-16-23(22-12-15-27(37-3)28(18-22)38-4)17-26(35)31(25)30(29)21-8-6-5-7-9-21/h5-15,18,23,30,33H,16-17H2,1-4H3,(H,34,36)/t23-,30-/m0/s1. The number of allylic oxidation sites excluding steroid dienone is 3. The number of anilines is 1. The van der Waals surface area contributed by atoms with Crippen molar-refractivity contribution in [2.45, 2.75) is 38.5 Å². The van der Waals surface area contributed by atoms with E-state index in [1.165, 1.54) is 0 Å². The van der Waals surface area contributed by atoms with Gasteiger partial charge in [0, 0.05) is 40.6 Å². The van der Waals surface area contributed by atoms with Crippen LogP contribution in [0.2, 0.25) is 0 Å². The van der Waals surface area contributed by atoms with Gasteiger partial charge in [0.25, 0.3) is 5.91 Å². The van der Waals surface area contributed by atoms with Gasteiger partial charge in [0.15, 0.2) is 17.3 Å². The quantitative estimate of drug-likeness (QED) is 0.426. The van der Waals surface area contributed by atoms with E-state index in [4.69, 9.17) is 9.47 Å². The van der Waals surface area contributed by atoms with Crippen molar-refractivity contribution in [3.05, 3.63) is 112 Å². The van der Waals surface area contributed by atoms with Crippen molar-refractivity contribution < 1.29 is 19.1 Å². The van der Waals surface area contributed by atoms with Gasteiger partial charge in [0.1, 0.15) is 0 Å². The Hall–Kier alpha value is -4.32. The summed E-state index contributed by atoms with van der Waals surface area (Å²) in [6.45, 7) is 3.92. The van der Waals surface area contributed by atoms with Crippen LogP contribution < -0.4 is 20.1 Å². The van der Waals surface area contributed by atoms with Crippen LogP contribution >= 0.6 is 0 Å². The van der Waals surface area contributed by atoms with Crippen LogP contribution in [-0.4, -0.2) is 25.9 Å². The summed E-state index contributed by atoms with van der Waals surface area (Å²) >= 11 is 0. The molecule has 194 valence electrons. The molecule has 3 aromatic carbocycles. The third kappa shape index (κ3) is 4.82. The number of benzene rings is 3. The Morgan fingerprint density at radius 1 is 0.868 bits per heavy atom. The topological polar surface area (TPSA) is 76.7 Å². The second-order valence-electron chi connectivity index (χ2n) is 9.86. The van der Waals surface area contributed by atoms with E-state index in [2.05, 4.69) is 10.6 Å². The molecule has 0 aromatic heterocycles. The lowest BCUT2D eigenvalue weighted by Crippen LogP contribution is -2.37. The number of nitrogens with one attached hydrogen (secondary N) is 2. The van der Waals surface area contributed by atoms with Gasteiger partial charge in [-0.1, -0.05) is 54.1 Å². The van der Waals surface area contributed by atoms with E-state index >= 15 is 0 Å². The minimum absolute atomic E-state index is 0.0132. The highest BCUT2D eigenvalue weighted by molar-refractivity contribution is 6.10. The monoisotopic (exact) mass is 508 g/mol. The first-order chi connectivity index (χ1) is 18.4.